The minimum atomic E-state index is -0.600. The molecule has 0 bridgehead atoms. The van der Waals surface area contributed by atoms with E-state index in [1.165, 1.54) is 0 Å². The first kappa shape index (κ1) is 16.3. The molecule has 1 fully saturated rings. The van der Waals surface area contributed by atoms with Gasteiger partial charge in [-0.15, -0.1) is 0 Å². The fourth-order valence-corrected chi connectivity index (χ4v) is 2.96. The van der Waals surface area contributed by atoms with E-state index in [9.17, 15) is 9.59 Å². The first-order valence-electron chi connectivity index (χ1n) is 7.71. The van der Waals surface area contributed by atoms with Gasteiger partial charge in [0.25, 0.3) is 0 Å². The van der Waals surface area contributed by atoms with Crippen LogP contribution in [0.2, 0.25) is 5.02 Å². The molecule has 1 saturated carbocycles. The van der Waals surface area contributed by atoms with E-state index in [0.29, 0.717) is 17.3 Å². The van der Waals surface area contributed by atoms with Gasteiger partial charge in [0.15, 0.2) is 0 Å². The van der Waals surface area contributed by atoms with Crippen molar-refractivity contribution in [3.05, 3.63) is 64.7 Å². The molecule has 2 aromatic rings. The zero-order valence-corrected chi connectivity index (χ0v) is 13.7. The third-order valence-corrected chi connectivity index (χ3v) is 4.33. The molecule has 0 saturated heterocycles. The van der Waals surface area contributed by atoms with Crippen LogP contribution in [0, 0.1) is 5.92 Å². The van der Waals surface area contributed by atoms with Crippen molar-refractivity contribution in [3.63, 3.8) is 0 Å². The van der Waals surface area contributed by atoms with Gasteiger partial charge < -0.3 is 16.4 Å². The molecule has 1 aliphatic carbocycles. The Morgan fingerprint density at radius 2 is 1.92 bits per heavy atom. The first-order chi connectivity index (χ1) is 11.5. The summed E-state index contributed by atoms with van der Waals surface area (Å²) in [6, 6.07) is 14.2. The van der Waals surface area contributed by atoms with Gasteiger partial charge in [-0.2, -0.15) is 0 Å². The zero-order chi connectivity index (χ0) is 17.1. The Balaban J connectivity index is 1.50. The van der Waals surface area contributed by atoms with Crippen molar-refractivity contribution in [1.29, 1.82) is 0 Å². The number of nitrogens with two attached hydrogens (primary N) is 1. The fraction of sp³-hybridized carbons (Fsp3) is 0.222. The van der Waals surface area contributed by atoms with E-state index in [1.54, 1.807) is 12.1 Å². The molecular formula is C18H18ClN3O2. The van der Waals surface area contributed by atoms with Crippen LogP contribution < -0.4 is 16.4 Å². The molecule has 124 valence electrons. The molecule has 3 amide bonds. The monoisotopic (exact) mass is 343 g/mol. The topological polar surface area (TPSA) is 84.2 Å². The van der Waals surface area contributed by atoms with E-state index in [-0.39, 0.29) is 17.7 Å². The first-order valence-corrected chi connectivity index (χ1v) is 8.09. The molecule has 0 radical (unpaired) electrons. The largest absolute Gasteiger partial charge is 0.352 e. The highest BCUT2D eigenvalue weighted by Crippen LogP contribution is 2.47. The summed E-state index contributed by atoms with van der Waals surface area (Å²) in [4.78, 5) is 23.0. The Hall–Kier alpha value is -2.53. The average Bonchev–Trinajstić information content (AvgIpc) is 3.34. The summed E-state index contributed by atoms with van der Waals surface area (Å²) in [6.45, 7) is 0.453. The molecule has 0 heterocycles. The van der Waals surface area contributed by atoms with Crippen LogP contribution in [0.5, 0.6) is 0 Å². The smallest absolute Gasteiger partial charge is 0.316 e. The molecule has 0 unspecified atom stereocenters. The number of hydrogen-bond acceptors (Lipinski definition) is 2. The lowest BCUT2D eigenvalue weighted by atomic mass is 10.1. The van der Waals surface area contributed by atoms with Gasteiger partial charge in [0.1, 0.15) is 0 Å². The van der Waals surface area contributed by atoms with Gasteiger partial charge in [0.2, 0.25) is 5.91 Å². The highest BCUT2D eigenvalue weighted by atomic mass is 35.5. The highest BCUT2D eigenvalue weighted by molar-refractivity contribution is 6.30. The summed E-state index contributed by atoms with van der Waals surface area (Å²) >= 11 is 5.99. The molecule has 2 aromatic carbocycles. The maximum absolute atomic E-state index is 12.2. The lowest BCUT2D eigenvalue weighted by Gasteiger charge is -2.07. The SMILES string of the molecule is NC(=O)Nc1ccc(CNC(=O)[C@@H]2C[C@@H]2c2cccc(Cl)c2)cc1. The van der Waals surface area contributed by atoms with Crippen LogP contribution in [0.3, 0.4) is 0 Å². The molecular weight excluding hydrogens is 326 g/mol. The molecule has 5 nitrogen and oxygen atoms in total. The van der Waals surface area contributed by atoms with Gasteiger partial charge in [-0.05, 0) is 47.7 Å². The van der Waals surface area contributed by atoms with Crippen molar-refractivity contribution < 1.29 is 9.59 Å². The van der Waals surface area contributed by atoms with Crippen molar-refractivity contribution in [3.8, 4) is 0 Å². The second-order valence-corrected chi connectivity index (χ2v) is 6.34. The number of halogens is 1. The van der Waals surface area contributed by atoms with Crippen LogP contribution in [-0.4, -0.2) is 11.9 Å². The molecule has 0 aromatic heterocycles. The van der Waals surface area contributed by atoms with E-state index < -0.39 is 6.03 Å². The minimum absolute atomic E-state index is 0.0132. The number of urea groups is 1. The van der Waals surface area contributed by atoms with Gasteiger partial charge >= 0.3 is 6.03 Å². The van der Waals surface area contributed by atoms with Crippen molar-refractivity contribution in [2.45, 2.75) is 18.9 Å². The van der Waals surface area contributed by atoms with Crippen LogP contribution in [0.25, 0.3) is 0 Å². The zero-order valence-electron chi connectivity index (χ0n) is 13.0. The molecule has 2 atom stereocenters. The van der Waals surface area contributed by atoms with Crippen molar-refractivity contribution in [2.24, 2.45) is 11.7 Å². The molecule has 0 spiro atoms. The van der Waals surface area contributed by atoms with Gasteiger partial charge in [-0.3, -0.25) is 4.79 Å². The van der Waals surface area contributed by atoms with Crippen LogP contribution in [-0.2, 0) is 11.3 Å². The lowest BCUT2D eigenvalue weighted by molar-refractivity contribution is -0.122. The molecule has 6 heteroatoms. The summed E-state index contributed by atoms with van der Waals surface area (Å²) in [5.74, 6) is 0.324. The van der Waals surface area contributed by atoms with Gasteiger partial charge in [-0.25, -0.2) is 4.79 Å². The normalized spacial score (nSPS) is 18.7. The van der Waals surface area contributed by atoms with Gasteiger partial charge in [0.05, 0.1) is 0 Å². The Morgan fingerprint density at radius 1 is 1.17 bits per heavy atom. The van der Waals surface area contributed by atoms with Gasteiger partial charge in [0, 0.05) is 23.2 Å². The van der Waals surface area contributed by atoms with Crippen molar-refractivity contribution >= 4 is 29.2 Å². The number of carbonyl (C=O) groups is 2. The Kier molecular flexibility index (Phi) is 4.71. The quantitative estimate of drug-likeness (QED) is 0.778. The number of rotatable bonds is 5. The predicted molar refractivity (Wildman–Crippen MR) is 93.8 cm³/mol. The van der Waals surface area contributed by atoms with E-state index >= 15 is 0 Å². The maximum Gasteiger partial charge on any atom is 0.316 e. The standard InChI is InChI=1S/C18H18ClN3O2/c19-13-3-1-2-12(8-13)15-9-16(15)17(23)21-10-11-4-6-14(7-5-11)22-18(20)24/h1-8,15-16H,9-10H2,(H,21,23)(H3,20,22,24)/t15-,16-/m1/s1. The number of primary amides is 1. The second kappa shape index (κ2) is 6.93. The van der Waals surface area contributed by atoms with E-state index in [1.807, 2.05) is 36.4 Å². The maximum atomic E-state index is 12.2. The summed E-state index contributed by atoms with van der Waals surface area (Å²) in [6.07, 6.45) is 0.855. The van der Waals surface area contributed by atoms with Gasteiger partial charge in [-0.1, -0.05) is 35.9 Å². The molecule has 4 N–H and O–H groups in total. The van der Waals surface area contributed by atoms with Crippen LogP contribution in [0.4, 0.5) is 10.5 Å². The highest BCUT2D eigenvalue weighted by Gasteiger charge is 2.43. The van der Waals surface area contributed by atoms with Crippen molar-refractivity contribution in [2.75, 3.05) is 5.32 Å². The van der Waals surface area contributed by atoms with Crippen LogP contribution in [0.1, 0.15) is 23.5 Å². The second-order valence-electron chi connectivity index (χ2n) is 5.91. The predicted octanol–water partition coefficient (Wildman–Crippen LogP) is 3.25. The van der Waals surface area contributed by atoms with Crippen LogP contribution in [0.15, 0.2) is 48.5 Å². The van der Waals surface area contributed by atoms with Crippen molar-refractivity contribution in [1.82, 2.24) is 5.32 Å². The van der Waals surface area contributed by atoms with Crippen LogP contribution >= 0.6 is 11.6 Å². The molecule has 24 heavy (non-hydrogen) atoms. The summed E-state index contributed by atoms with van der Waals surface area (Å²) in [7, 11) is 0. The van der Waals surface area contributed by atoms with E-state index in [4.69, 9.17) is 17.3 Å². The third-order valence-electron chi connectivity index (χ3n) is 4.09. The van der Waals surface area contributed by atoms with E-state index in [0.717, 1.165) is 17.5 Å². The summed E-state index contributed by atoms with van der Waals surface area (Å²) in [5, 5.41) is 6.14. The summed E-state index contributed by atoms with van der Waals surface area (Å²) in [5.41, 5.74) is 7.75. The van der Waals surface area contributed by atoms with E-state index in [2.05, 4.69) is 10.6 Å². The molecule has 1 aliphatic rings. The fourth-order valence-electron chi connectivity index (χ4n) is 2.76. The number of benzene rings is 2. The minimum Gasteiger partial charge on any atom is -0.352 e. The Bertz CT molecular complexity index is 761. The lowest BCUT2D eigenvalue weighted by Crippen LogP contribution is -2.25. The number of anilines is 1. The number of amides is 3. The Morgan fingerprint density at radius 3 is 2.58 bits per heavy atom. The number of carbonyl (C=O) groups excluding carboxylic acids is 2. The third kappa shape index (κ3) is 4.06. The molecule has 3 rings (SSSR count). The Labute approximate surface area is 145 Å². The summed E-state index contributed by atoms with van der Waals surface area (Å²) < 4.78 is 0. The number of nitrogens with one attached hydrogen (secondary N) is 2. The number of hydrogen-bond donors (Lipinski definition) is 3. The average molecular weight is 344 g/mol. The molecule has 0 aliphatic heterocycles.